The van der Waals surface area contributed by atoms with E-state index in [4.69, 9.17) is 5.73 Å². The van der Waals surface area contributed by atoms with Crippen molar-refractivity contribution in [2.45, 2.75) is 11.3 Å². The van der Waals surface area contributed by atoms with E-state index in [0.717, 1.165) is 0 Å². The normalized spacial score (nSPS) is 10.1. The monoisotopic (exact) mass is 211 g/mol. The lowest BCUT2D eigenvalue weighted by molar-refractivity contribution is 0.0982. The van der Waals surface area contributed by atoms with Gasteiger partial charge in [0.05, 0.1) is 4.90 Å². The minimum absolute atomic E-state index is 0.0206. The molecule has 0 aliphatic carbocycles. The van der Waals surface area contributed by atoms with Crippen LogP contribution in [-0.4, -0.2) is 23.7 Å². The summed E-state index contributed by atoms with van der Waals surface area (Å²) in [4.78, 5) is 12.2. The van der Waals surface area contributed by atoms with E-state index in [1.165, 1.54) is 11.8 Å². The second-order valence-corrected chi connectivity index (χ2v) is 3.64. The highest BCUT2D eigenvalue weighted by molar-refractivity contribution is 7.98. The molecule has 1 aromatic carbocycles. The molecule has 0 amide bonds. The number of phenolic OH excluding ortho intramolecular Hbond substituents is 1. The van der Waals surface area contributed by atoms with Crippen LogP contribution in [0, 0.1) is 0 Å². The molecule has 0 aromatic heterocycles. The van der Waals surface area contributed by atoms with Crippen LogP contribution >= 0.6 is 11.8 Å². The quantitative estimate of drug-likeness (QED) is 0.587. The van der Waals surface area contributed by atoms with Crippen molar-refractivity contribution in [1.29, 1.82) is 0 Å². The smallest absolute Gasteiger partial charge is 0.165 e. The number of thioether (sulfide) groups is 1. The molecule has 0 saturated heterocycles. The van der Waals surface area contributed by atoms with Crippen LogP contribution in [0.5, 0.6) is 5.75 Å². The van der Waals surface area contributed by atoms with E-state index in [2.05, 4.69) is 0 Å². The number of aromatic hydroxyl groups is 1. The summed E-state index contributed by atoms with van der Waals surface area (Å²) in [5.74, 6) is 0.133. The summed E-state index contributed by atoms with van der Waals surface area (Å²) < 4.78 is 0. The summed E-state index contributed by atoms with van der Waals surface area (Å²) in [5, 5.41) is 9.50. The Balaban J connectivity index is 3.07. The van der Waals surface area contributed by atoms with Crippen LogP contribution in [0.2, 0.25) is 0 Å². The number of ketones is 1. The maximum atomic E-state index is 11.6. The zero-order chi connectivity index (χ0) is 10.6. The van der Waals surface area contributed by atoms with Crippen molar-refractivity contribution >= 4 is 17.5 Å². The molecule has 0 atom stereocenters. The lowest BCUT2D eigenvalue weighted by Crippen LogP contribution is -2.08. The van der Waals surface area contributed by atoms with Gasteiger partial charge in [0, 0.05) is 12.0 Å². The van der Waals surface area contributed by atoms with Gasteiger partial charge in [-0.1, -0.05) is 12.1 Å². The van der Waals surface area contributed by atoms with Crippen molar-refractivity contribution < 1.29 is 9.90 Å². The fraction of sp³-hybridized carbons (Fsp3) is 0.300. The maximum absolute atomic E-state index is 11.6. The molecule has 3 N–H and O–H groups in total. The van der Waals surface area contributed by atoms with Gasteiger partial charge in [-0.25, -0.2) is 0 Å². The maximum Gasteiger partial charge on any atom is 0.165 e. The van der Waals surface area contributed by atoms with E-state index in [0.29, 0.717) is 23.4 Å². The highest BCUT2D eigenvalue weighted by Gasteiger charge is 2.12. The van der Waals surface area contributed by atoms with Crippen LogP contribution in [0.25, 0.3) is 0 Å². The predicted molar refractivity (Wildman–Crippen MR) is 57.9 cm³/mol. The van der Waals surface area contributed by atoms with Gasteiger partial charge >= 0.3 is 0 Å². The largest absolute Gasteiger partial charge is 0.507 e. The van der Waals surface area contributed by atoms with Crippen molar-refractivity contribution in [2.75, 3.05) is 12.8 Å². The lowest BCUT2D eigenvalue weighted by atomic mass is 10.1. The average Bonchev–Trinajstić information content (AvgIpc) is 2.17. The van der Waals surface area contributed by atoms with Gasteiger partial charge < -0.3 is 10.8 Å². The number of carbonyl (C=O) groups excluding carboxylic acids is 1. The Morgan fingerprint density at radius 1 is 1.57 bits per heavy atom. The Bertz CT molecular complexity index is 339. The SMILES string of the molecule is CSc1c(O)cccc1C(=O)CCN. The first-order valence-corrected chi connectivity index (χ1v) is 5.52. The Kier molecular flexibility index (Phi) is 3.98. The molecule has 0 unspecified atom stereocenters. The standard InChI is InChI=1S/C10H13NO2S/c1-14-10-7(8(12)5-6-11)3-2-4-9(10)13/h2-4,13H,5-6,11H2,1H3. The minimum Gasteiger partial charge on any atom is -0.507 e. The number of carbonyl (C=O) groups is 1. The first-order chi connectivity index (χ1) is 6.70. The number of nitrogens with two attached hydrogens (primary N) is 1. The van der Waals surface area contributed by atoms with Gasteiger partial charge in [-0.05, 0) is 18.9 Å². The summed E-state index contributed by atoms with van der Waals surface area (Å²) in [6, 6.07) is 4.95. The predicted octanol–water partition coefficient (Wildman–Crippen LogP) is 1.65. The summed E-state index contributed by atoms with van der Waals surface area (Å²) >= 11 is 1.36. The van der Waals surface area contributed by atoms with Gasteiger partial charge in [-0.3, -0.25) is 4.79 Å². The lowest BCUT2D eigenvalue weighted by Gasteiger charge is -2.07. The van der Waals surface area contributed by atoms with E-state index in [1.807, 2.05) is 6.26 Å². The number of hydrogen-bond donors (Lipinski definition) is 2. The molecular formula is C10H13NO2S. The topological polar surface area (TPSA) is 63.3 Å². The van der Waals surface area contributed by atoms with Gasteiger partial charge in [0.25, 0.3) is 0 Å². The van der Waals surface area contributed by atoms with Gasteiger partial charge in [-0.15, -0.1) is 11.8 Å². The van der Waals surface area contributed by atoms with Crippen molar-refractivity contribution in [1.82, 2.24) is 0 Å². The zero-order valence-corrected chi connectivity index (χ0v) is 8.80. The minimum atomic E-state index is -0.0206. The first kappa shape index (κ1) is 11.1. The highest BCUT2D eigenvalue weighted by Crippen LogP contribution is 2.30. The number of phenols is 1. The summed E-state index contributed by atoms with van der Waals surface area (Å²) in [5.41, 5.74) is 5.86. The Morgan fingerprint density at radius 3 is 2.86 bits per heavy atom. The van der Waals surface area contributed by atoms with Crippen molar-refractivity contribution in [3.8, 4) is 5.75 Å². The van der Waals surface area contributed by atoms with Gasteiger partial charge in [0.2, 0.25) is 0 Å². The van der Waals surface area contributed by atoms with E-state index in [1.54, 1.807) is 18.2 Å². The molecule has 1 aromatic rings. The molecule has 0 bridgehead atoms. The van der Waals surface area contributed by atoms with Crippen LogP contribution in [0.3, 0.4) is 0 Å². The third-order valence-corrected chi connectivity index (χ3v) is 2.71. The van der Waals surface area contributed by atoms with Crippen LogP contribution in [0.15, 0.2) is 23.1 Å². The molecular weight excluding hydrogens is 198 g/mol. The molecule has 0 saturated carbocycles. The molecule has 0 fully saturated rings. The molecule has 3 nitrogen and oxygen atoms in total. The molecule has 0 spiro atoms. The van der Waals surface area contributed by atoms with Crippen molar-refractivity contribution in [3.05, 3.63) is 23.8 Å². The summed E-state index contributed by atoms with van der Waals surface area (Å²) in [6.45, 7) is 0.336. The average molecular weight is 211 g/mol. The third-order valence-electron chi connectivity index (χ3n) is 1.87. The summed E-state index contributed by atoms with van der Waals surface area (Å²) in [7, 11) is 0. The molecule has 1 rings (SSSR count). The zero-order valence-electron chi connectivity index (χ0n) is 7.99. The van der Waals surface area contributed by atoms with Crippen LogP contribution < -0.4 is 5.73 Å². The molecule has 14 heavy (non-hydrogen) atoms. The van der Waals surface area contributed by atoms with Crippen LogP contribution in [0.1, 0.15) is 16.8 Å². The number of benzene rings is 1. The molecule has 0 heterocycles. The number of hydrogen-bond acceptors (Lipinski definition) is 4. The Morgan fingerprint density at radius 2 is 2.29 bits per heavy atom. The van der Waals surface area contributed by atoms with E-state index >= 15 is 0 Å². The molecule has 0 aliphatic rings. The number of Topliss-reactive ketones (excluding diaryl/α,β-unsaturated/α-hetero) is 1. The third kappa shape index (κ3) is 2.27. The van der Waals surface area contributed by atoms with Gasteiger partial charge in [0.1, 0.15) is 5.75 Å². The van der Waals surface area contributed by atoms with Crippen LogP contribution in [-0.2, 0) is 0 Å². The fourth-order valence-electron chi connectivity index (χ4n) is 1.22. The van der Waals surface area contributed by atoms with E-state index in [-0.39, 0.29) is 11.5 Å². The van der Waals surface area contributed by atoms with E-state index in [9.17, 15) is 9.90 Å². The first-order valence-electron chi connectivity index (χ1n) is 4.30. The second kappa shape index (κ2) is 5.02. The molecule has 76 valence electrons. The van der Waals surface area contributed by atoms with Crippen molar-refractivity contribution in [3.63, 3.8) is 0 Å². The van der Waals surface area contributed by atoms with Gasteiger partial charge in [-0.2, -0.15) is 0 Å². The van der Waals surface area contributed by atoms with Crippen LogP contribution in [0.4, 0.5) is 0 Å². The van der Waals surface area contributed by atoms with Crippen molar-refractivity contribution in [2.24, 2.45) is 5.73 Å². The Hall–Kier alpha value is -1.00. The highest BCUT2D eigenvalue weighted by atomic mass is 32.2. The molecule has 4 heteroatoms. The second-order valence-electron chi connectivity index (χ2n) is 2.82. The fourth-order valence-corrected chi connectivity index (χ4v) is 1.90. The Labute approximate surface area is 87.3 Å². The van der Waals surface area contributed by atoms with Gasteiger partial charge in [0.15, 0.2) is 5.78 Å². The molecule has 0 radical (unpaired) electrons. The number of rotatable bonds is 4. The summed E-state index contributed by atoms with van der Waals surface area (Å²) in [6.07, 6.45) is 2.14. The molecule has 0 aliphatic heterocycles. The van der Waals surface area contributed by atoms with E-state index < -0.39 is 0 Å².